The summed E-state index contributed by atoms with van der Waals surface area (Å²) in [6.07, 6.45) is 2.44. The molecule has 0 amide bonds. The first kappa shape index (κ1) is 16.1. The van der Waals surface area contributed by atoms with Crippen LogP contribution in [0.2, 0.25) is 10.0 Å². The van der Waals surface area contributed by atoms with Crippen molar-refractivity contribution in [1.29, 1.82) is 0 Å². The Labute approximate surface area is 137 Å². The lowest BCUT2D eigenvalue weighted by Gasteiger charge is -2.17. The van der Waals surface area contributed by atoms with Crippen LogP contribution in [0.5, 0.6) is 0 Å². The SMILES string of the molecule is CCC(c1ccc(Cl)c(Cl)c1)n1cc(C(=O)OC)[nH]c1=S. The van der Waals surface area contributed by atoms with Gasteiger partial charge in [-0.3, -0.25) is 0 Å². The number of methoxy groups -OCH3 is 1. The minimum absolute atomic E-state index is 0.0399. The van der Waals surface area contributed by atoms with E-state index in [2.05, 4.69) is 4.98 Å². The van der Waals surface area contributed by atoms with Crippen molar-refractivity contribution in [3.63, 3.8) is 0 Å². The fraction of sp³-hybridized carbons (Fsp3) is 0.286. The highest BCUT2D eigenvalue weighted by atomic mass is 35.5. The summed E-state index contributed by atoms with van der Waals surface area (Å²) < 4.78 is 6.96. The Morgan fingerprint density at radius 2 is 2.14 bits per heavy atom. The summed E-state index contributed by atoms with van der Waals surface area (Å²) in [4.78, 5) is 14.4. The van der Waals surface area contributed by atoms with E-state index >= 15 is 0 Å². The Hall–Kier alpha value is -1.30. The third-order valence-corrected chi connectivity index (χ3v) is 4.25. The lowest BCUT2D eigenvalue weighted by atomic mass is 10.0. The molecule has 1 heterocycles. The first-order valence-corrected chi connectivity index (χ1v) is 7.48. The van der Waals surface area contributed by atoms with E-state index in [0.29, 0.717) is 20.5 Å². The predicted molar refractivity (Wildman–Crippen MR) is 85.8 cm³/mol. The molecule has 1 atom stereocenters. The topological polar surface area (TPSA) is 47.0 Å². The normalized spacial score (nSPS) is 12.2. The molecular formula is C14H14Cl2N2O2S. The van der Waals surface area contributed by atoms with Crippen LogP contribution in [0.15, 0.2) is 24.4 Å². The van der Waals surface area contributed by atoms with Gasteiger partial charge in [0, 0.05) is 6.20 Å². The van der Waals surface area contributed by atoms with Crippen molar-refractivity contribution < 1.29 is 9.53 Å². The van der Waals surface area contributed by atoms with Crippen LogP contribution in [0, 0.1) is 4.77 Å². The fourth-order valence-corrected chi connectivity index (χ4v) is 2.76. The zero-order chi connectivity index (χ0) is 15.6. The molecule has 0 aliphatic rings. The summed E-state index contributed by atoms with van der Waals surface area (Å²) in [6.45, 7) is 2.03. The highest BCUT2D eigenvalue weighted by Crippen LogP contribution is 2.29. The number of benzene rings is 1. The van der Waals surface area contributed by atoms with Crippen LogP contribution in [0.4, 0.5) is 0 Å². The Balaban J connectivity index is 2.46. The number of nitrogens with zero attached hydrogens (tertiary/aromatic N) is 1. The van der Waals surface area contributed by atoms with Gasteiger partial charge in [-0.05, 0) is 36.3 Å². The Kier molecular flexibility index (Phi) is 5.08. The van der Waals surface area contributed by atoms with E-state index in [4.69, 9.17) is 40.2 Å². The molecular weight excluding hydrogens is 331 g/mol. The van der Waals surface area contributed by atoms with Gasteiger partial charge in [-0.1, -0.05) is 36.2 Å². The molecule has 2 aromatic rings. The first-order chi connectivity index (χ1) is 9.97. The summed E-state index contributed by atoms with van der Waals surface area (Å²) in [6, 6.07) is 5.42. The standard InChI is InChI=1S/C14H14Cl2N2O2S/c1-3-12(8-4-5-9(15)10(16)6-8)18-7-11(13(19)20-2)17-14(18)21/h4-7,12H,3H2,1-2H3,(H,17,21). The van der Waals surface area contributed by atoms with Gasteiger partial charge in [0.25, 0.3) is 0 Å². The number of imidazole rings is 1. The van der Waals surface area contributed by atoms with Gasteiger partial charge in [0.2, 0.25) is 0 Å². The third-order valence-electron chi connectivity index (χ3n) is 3.20. The van der Waals surface area contributed by atoms with Crippen LogP contribution in [-0.4, -0.2) is 22.6 Å². The van der Waals surface area contributed by atoms with Crippen LogP contribution < -0.4 is 0 Å². The average molecular weight is 345 g/mol. The van der Waals surface area contributed by atoms with Gasteiger partial charge in [-0.2, -0.15) is 0 Å². The van der Waals surface area contributed by atoms with Crippen LogP contribution in [0.3, 0.4) is 0 Å². The molecule has 21 heavy (non-hydrogen) atoms. The van der Waals surface area contributed by atoms with Crippen molar-refractivity contribution in [1.82, 2.24) is 9.55 Å². The number of H-pyrrole nitrogens is 1. The third kappa shape index (κ3) is 3.31. The lowest BCUT2D eigenvalue weighted by Crippen LogP contribution is -2.09. The summed E-state index contributed by atoms with van der Waals surface area (Å²) in [5.41, 5.74) is 1.29. The molecule has 0 bridgehead atoms. The number of rotatable bonds is 4. The van der Waals surface area contributed by atoms with Crippen molar-refractivity contribution in [3.05, 3.63) is 50.5 Å². The Morgan fingerprint density at radius 3 is 2.71 bits per heavy atom. The summed E-state index contributed by atoms with van der Waals surface area (Å²) in [7, 11) is 1.33. The van der Waals surface area contributed by atoms with Crippen molar-refractivity contribution in [2.75, 3.05) is 7.11 Å². The minimum Gasteiger partial charge on any atom is -0.464 e. The quantitative estimate of drug-likeness (QED) is 0.649. The second-order valence-electron chi connectivity index (χ2n) is 4.47. The number of aromatic amines is 1. The Morgan fingerprint density at radius 1 is 1.43 bits per heavy atom. The zero-order valence-electron chi connectivity index (χ0n) is 11.5. The largest absolute Gasteiger partial charge is 0.464 e. The second-order valence-corrected chi connectivity index (χ2v) is 5.67. The summed E-state index contributed by atoms with van der Waals surface area (Å²) in [5, 5.41) is 0.992. The highest BCUT2D eigenvalue weighted by molar-refractivity contribution is 7.71. The molecule has 1 aromatic carbocycles. The van der Waals surface area contributed by atoms with E-state index in [1.54, 1.807) is 12.3 Å². The number of ether oxygens (including phenoxy) is 1. The van der Waals surface area contributed by atoms with E-state index in [9.17, 15) is 4.79 Å². The lowest BCUT2D eigenvalue weighted by molar-refractivity contribution is 0.0594. The van der Waals surface area contributed by atoms with Crippen LogP contribution in [-0.2, 0) is 4.74 Å². The van der Waals surface area contributed by atoms with Gasteiger partial charge in [0.1, 0.15) is 5.69 Å². The van der Waals surface area contributed by atoms with Crippen LogP contribution in [0.25, 0.3) is 0 Å². The van der Waals surface area contributed by atoms with Gasteiger partial charge in [0.05, 0.1) is 23.2 Å². The molecule has 0 fully saturated rings. The van der Waals surface area contributed by atoms with Crippen LogP contribution in [0.1, 0.15) is 35.4 Å². The zero-order valence-corrected chi connectivity index (χ0v) is 13.9. The summed E-state index contributed by atoms with van der Waals surface area (Å²) >= 11 is 17.3. The van der Waals surface area contributed by atoms with Crippen molar-refractivity contribution in [2.24, 2.45) is 0 Å². The molecule has 0 saturated heterocycles. The van der Waals surface area contributed by atoms with Gasteiger partial charge >= 0.3 is 5.97 Å². The predicted octanol–water partition coefficient (Wildman–Crippen LogP) is 4.64. The molecule has 0 spiro atoms. The molecule has 112 valence electrons. The van der Waals surface area contributed by atoms with Crippen LogP contribution >= 0.6 is 35.4 Å². The maximum Gasteiger partial charge on any atom is 0.356 e. The molecule has 2 rings (SSSR count). The van der Waals surface area contributed by atoms with E-state index < -0.39 is 5.97 Å². The molecule has 0 aliphatic heterocycles. The number of hydrogen-bond donors (Lipinski definition) is 1. The fourth-order valence-electron chi connectivity index (χ4n) is 2.17. The highest BCUT2D eigenvalue weighted by Gasteiger charge is 2.17. The van der Waals surface area contributed by atoms with Gasteiger partial charge < -0.3 is 14.3 Å². The average Bonchev–Trinajstić information content (AvgIpc) is 2.85. The maximum atomic E-state index is 11.6. The van der Waals surface area contributed by atoms with E-state index in [-0.39, 0.29) is 6.04 Å². The molecule has 0 radical (unpaired) electrons. The monoisotopic (exact) mass is 344 g/mol. The molecule has 1 unspecified atom stereocenters. The minimum atomic E-state index is -0.455. The molecule has 0 aliphatic carbocycles. The molecule has 0 saturated carbocycles. The smallest absolute Gasteiger partial charge is 0.356 e. The van der Waals surface area contributed by atoms with Gasteiger partial charge in [-0.15, -0.1) is 0 Å². The molecule has 1 aromatic heterocycles. The molecule has 1 N–H and O–H groups in total. The van der Waals surface area contributed by atoms with E-state index in [0.717, 1.165) is 12.0 Å². The van der Waals surface area contributed by atoms with Crippen molar-refractivity contribution in [2.45, 2.75) is 19.4 Å². The molecule has 4 nitrogen and oxygen atoms in total. The van der Waals surface area contributed by atoms with E-state index in [1.165, 1.54) is 7.11 Å². The number of esters is 1. The second kappa shape index (κ2) is 6.64. The van der Waals surface area contributed by atoms with E-state index in [1.807, 2.05) is 23.6 Å². The number of carbonyl (C=O) groups is 1. The first-order valence-electron chi connectivity index (χ1n) is 6.32. The van der Waals surface area contributed by atoms with Gasteiger partial charge in [0.15, 0.2) is 4.77 Å². The summed E-state index contributed by atoms with van der Waals surface area (Å²) in [5.74, 6) is -0.455. The number of hydrogen-bond acceptors (Lipinski definition) is 3. The van der Waals surface area contributed by atoms with Crippen molar-refractivity contribution >= 4 is 41.4 Å². The molecule has 7 heteroatoms. The number of aromatic nitrogens is 2. The number of halogens is 2. The van der Waals surface area contributed by atoms with Gasteiger partial charge in [-0.25, -0.2) is 4.79 Å². The number of nitrogens with one attached hydrogen (secondary N) is 1. The Bertz CT molecular complexity index is 724. The maximum absolute atomic E-state index is 11.6. The number of carbonyl (C=O) groups excluding carboxylic acids is 1. The van der Waals surface area contributed by atoms with Crippen molar-refractivity contribution in [3.8, 4) is 0 Å².